The molecule has 0 rings (SSSR count). The Morgan fingerprint density at radius 1 is 1.00 bits per heavy atom. The van der Waals surface area contributed by atoms with Gasteiger partial charge in [0.1, 0.15) is 0 Å². The van der Waals surface area contributed by atoms with Crippen LogP contribution in [0.25, 0.3) is 0 Å². The highest BCUT2D eigenvalue weighted by molar-refractivity contribution is 6.19. The third kappa shape index (κ3) is 24.6. The number of carbonyl (C=O) groups excluding carboxylic acids is 1. The minimum Gasteiger partial charge on any atom is -0.476 e. The molecular weight excluding hydrogens is 208 g/mol. The highest BCUT2D eigenvalue weighted by Gasteiger charge is 1.86. The van der Waals surface area contributed by atoms with Crippen LogP contribution in [0.3, 0.4) is 0 Å². The molecule has 0 aromatic carbocycles. The van der Waals surface area contributed by atoms with Crippen molar-refractivity contribution in [3.63, 3.8) is 0 Å². The summed E-state index contributed by atoms with van der Waals surface area (Å²) in [5.41, 5.74) is 0. The van der Waals surface area contributed by atoms with Crippen LogP contribution < -0.4 is 0 Å². The first-order valence-corrected chi connectivity index (χ1v) is 4.24. The van der Waals surface area contributed by atoms with Gasteiger partial charge < -0.3 is 24.8 Å². The molecule has 3 N–H and O–H groups in total. The van der Waals surface area contributed by atoms with Crippen LogP contribution in [0.4, 0.5) is 0 Å². The Morgan fingerprint density at radius 3 is 1.53 bits per heavy atom. The lowest BCUT2D eigenvalue weighted by Crippen LogP contribution is -2.09. The Hall–Kier alpha value is -1.02. The molecule has 0 fully saturated rings. The predicted molar refractivity (Wildman–Crippen MR) is 49.5 cm³/mol. The fourth-order valence-electron chi connectivity index (χ4n) is 0.451. The van der Waals surface area contributed by atoms with E-state index in [1.54, 1.807) is 0 Å². The van der Waals surface area contributed by atoms with Crippen LogP contribution in [0.1, 0.15) is 0 Å². The van der Waals surface area contributed by atoms with E-state index in [1.165, 1.54) is 0 Å². The quantitative estimate of drug-likeness (QED) is 0.255. The lowest BCUT2D eigenvalue weighted by Gasteiger charge is -2.01. The number of aliphatic carboxylic acids is 1. The van der Waals surface area contributed by atoms with E-state index in [0.29, 0.717) is 26.4 Å². The van der Waals surface area contributed by atoms with Gasteiger partial charge in [0.2, 0.25) is 6.29 Å². The van der Waals surface area contributed by atoms with Gasteiger partial charge in [0.25, 0.3) is 0 Å². The van der Waals surface area contributed by atoms with Crippen molar-refractivity contribution in [1.29, 1.82) is 0 Å². The molecule has 0 unspecified atom stereocenters. The summed E-state index contributed by atoms with van der Waals surface area (Å²) in [6.07, 6.45) is -0.167. The molecule has 15 heavy (non-hydrogen) atoms. The molecule has 0 aromatic heterocycles. The SMILES string of the molecule is O=CC(=O)O.OCCOCCOCCO. The summed E-state index contributed by atoms with van der Waals surface area (Å²) in [6, 6.07) is 0. The molecule has 90 valence electrons. The Bertz CT molecular complexity index is 140. The minimum absolute atomic E-state index is 0.0417. The van der Waals surface area contributed by atoms with E-state index in [-0.39, 0.29) is 19.5 Å². The molecule has 0 heterocycles. The maximum atomic E-state index is 9.00. The second-order valence-corrected chi connectivity index (χ2v) is 2.13. The zero-order valence-electron chi connectivity index (χ0n) is 8.29. The normalized spacial score (nSPS) is 8.93. The second-order valence-electron chi connectivity index (χ2n) is 2.13. The Labute approximate surface area is 87.2 Å². The van der Waals surface area contributed by atoms with Crippen LogP contribution in [0.2, 0.25) is 0 Å². The van der Waals surface area contributed by atoms with Gasteiger partial charge in [-0.05, 0) is 0 Å². The van der Waals surface area contributed by atoms with Gasteiger partial charge in [-0.2, -0.15) is 0 Å². The third-order valence-corrected chi connectivity index (χ3v) is 0.944. The monoisotopic (exact) mass is 224 g/mol. The molecule has 0 radical (unpaired) electrons. The van der Waals surface area contributed by atoms with Gasteiger partial charge in [-0.1, -0.05) is 0 Å². The number of aldehydes is 1. The zero-order chi connectivity index (χ0) is 11.9. The molecule has 0 aliphatic rings. The topological polar surface area (TPSA) is 113 Å². The summed E-state index contributed by atoms with van der Waals surface area (Å²) < 4.78 is 9.75. The van der Waals surface area contributed by atoms with Crippen LogP contribution >= 0.6 is 0 Å². The largest absolute Gasteiger partial charge is 0.476 e. The smallest absolute Gasteiger partial charge is 0.368 e. The van der Waals surface area contributed by atoms with Crippen molar-refractivity contribution in [2.75, 3.05) is 39.6 Å². The number of hydrogen-bond donors (Lipinski definition) is 3. The lowest BCUT2D eigenvalue weighted by molar-refractivity contribution is -0.143. The van der Waals surface area contributed by atoms with Gasteiger partial charge in [-0.3, -0.25) is 4.79 Å². The first-order chi connectivity index (χ1) is 7.18. The average molecular weight is 224 g/mol. The molecule has 7 nitrogen and oxygen atoms in total. The van der Waals surface area contributed by atoms with Crippen molar-refractivity contribution in [3.8, 4) is 0 Å². The Kier molecular flexibility index (Phi) is 16.9. The first kappa shape index (κ1) is 16.4. The van der Waals surface area contributed by atoms with Gasteiger partial charge >= 0.3 is 5.97 Å². The fraction of sp³-hybridized carbons (Fsp3) is 0.750. The average Bonchev–Trinajstić information content (AvgIpc) is 2.24. The first-order valence-electron chi connectivity index (χ1n) is 4.24. The molecule has 0 bridgehead atoms. The van der Waals surface area contributed by atoms with Gasteiger partial charge in [-0.25, -0.2) is 4.79 Å². The Balaban J connectivity index is 0. The number of carboxylic acid groups (broad SMARTS) is 1. The highest BCUT2D eigenvalue weighted by atomic mass is 16.5. The summed E-state index contributed by atoms with van der Waals surface area (Å²) >= 11 is 0. The summed E-state index contributed by atoms with van der Waals surface area (Å²) in [6.45, 7) is 1.73. The number of hydrogen-bond acceptors (Lipinski definition) is 6. The summed E-state index contributed by atoms with van der Waals surface area (Å²) in [5, 5.41) is 23.9. The van der Waals surface area contributed by atoms with Crippen molar-refractivity contribution in [2.45, 2.75) is 0 Å². The second kappa shape index (κ2) is 15.5. The maximum absolute atomic E-state index is 9.00. The van der Waals surface area contributed by atoms with Crippen molar-refractivity contribution in [2.24, 2.45) is 0 Å². The van der Waals surface area contributed by atoms with E-state index >= 15 is 0 Å². The number of rotatable bonds is 8. The van der Waals surface area contributed by atoms with E-state index in [4.69, 9.17) is 34.4 Å². The Morgan fingerprint density at radius 2 is 1.33 bits per heavy atom. The third-order valence-electron chi connectivity index (χ3n) is 0.944. The highest BCUT2D eigenvalue weighted by Crippen LogP contribution is 1.76. The number of aliphatic hydroxyl groups excluding tert-OH is 2. The van der Waals surface area contributed by atoms with Crippen LogP contribution in [0.5, 0.6) is 0 Å². The van der Waals surface area contributed by atoms with Crippen molar-refractivity contribution in [3.05, 3.63) is 0 Å². The zero-order valence-corrected chi connectivity index (χ0v) is 8.29. The molecule has 0 atom stereocenters. The van der Waals surface area contributed by atoms with Gasteiger partial charge in [-0.15, -0.1) is 0 Å². The summed E-state index contributed by atoms with van der Waals surface area (Å²) in [4.78, 5) is 17.9. The molecule has 7 heteroatoms. The van der Waals surface area contributed by atoms with E-state index < -0.39 is 5.97 Å². The number of aliphatic hydroxyl groups is 2. The lowest BCUT2D eigenvalue weighted by atomic mass is 10.7. The van der Waals surface area contributed by atoms with Crippen molar-refractivity contribution >= 4 is 12.3 Å². The van der Waals surface area contributed by atoms with Crippen molar-refractivity contribution in [1.82, 2.24) is 0 Å². The van der Waals surface area contributed by atoms with Crippen LogP contribution in [0, 0.1) is 0 Å². The van der Waals surface area contributed by atoms with Crippen molar-refractivity contribution < 1.29 is 34.4 Å². The minimum atomic E-state index is -1.43. The molecule has 0 aromatic rings. The summed E-state index contributed by atoms with van der Waals surface area (Å²) in [5.74, 6) is -1.43. The van der Waals surface area contributed by atoms with E-state index in [0.717, 1.165) is 0 Å². The molecule has 0 amide bonds. The van der Waals surface area contributed by atoms with Gasteiger partial charge in [0, 0.05) is 0 Å². The number of carbonyl (C=O) groups is 2. The van der Waals surface area contributed by atoms with E-state index in [1.807, 2.05) is 0 Å². The van der Waals surface area contributed by atoms with E-state index in [2.05, 4.69) is 0 Å². The molecule has 0 aliphatic carbocycles. The van der Waals surface area contributed by atoms with Gasteiger partial charge in [0.15, 0.2) is 0 Å². The maximum Gasteiger partial charge on any atom is 0.368 e. The van der Waals surface area contributed by atoms with Crippen LogP contribution in [-0.2, 0) is 19.1 Å². The molecule has 0 aliphatic heterocycles. The summed E-state index contributed by atoms with van der Waals surface area (Å²) in [7, 11) is 0. The number of carboxylic acids is 1. The van der Waals surface area contributed by atoms with Crippen LogP contribution in [0.15, 0.2) is 0 Å². The molecule has 0 spiro atoms. The van der Waals surface area contributed by atoms with Crippen LogP contribution in [-0.4, -0.2) is 67.2 Å². The standard InChI is InChI=1S/C6H14O4.C2H2O3/c7-1-3-9-5-6-10-4-2-8;3-1-2(4)5/h7-8H,1-6H2;1H,(H,4,5). The predicted octanol–water partition coefficient (Wildman–Crippen LogP) is -1.73. The molecular formula is C8H16O7. The van der Waals surface area contributed by atoms with Gasteiger partial charge in [0.05, 0.1) is 39.6 Å². The molecule has 0 saturated carbocycles. The number of ether oxygens (including phenoxy) is 2. The van der Waals surface area contributed by atoms with E-state index in [9.17, 15) is 0 Å². The fourth-order valence-corrected chi connectivity index (χ4v) is 0.451. The molecule has 0 saturated heterocycles.